The number of likely N-dealkylation sites (N-methyl/N-ethyl adjacent to an activating group) is 1. The zero-order valence-corrected chi connectivity index (χ0v) is 16.1. The Morgan fingerprint density at radius 1 is 1.07 bits per heavy atom. The molecule has 0 unspecified atom stereocenters. The Morgan fingerprint density at radius 2 is 1.67 bits per heavy atom. The molecule has 2 aromatic carbocycles. The molecule has 4 rings (SSSR count). The molecule has 0 spiro atoms. The number of rotatable bonds is 5. The number of H-pyrrole nitrogens is 1. The van der Waals surface area contributed by atoms with Crippen LogP contribution in [0.5, 0.6) is 0 Å². The van der Waals surface area contributed by atoms with Gasteiger partial charge in [-0.2, -0.15) is 5.10 Å². The number of hydrogen-bond acceptors (Lipinski definition) is 2. The summed E-state index contributed by atoms with van der Waals surface area (Å²) in [5, 5.41) is 7.12. The lowest BCUT2D eigenvalue weighted by Gasteiger charge is -2.27. The Hall–Kier alpha value is -2.88. The molecule has 1 aliphatic rings. The monoisotopic (exact) mass is 359 g/mol. The van der Waals surface area contributed by atoms with Crippen molar-refractivity contribution in [2.24, 2.45) is 5.41 Å². The van der Waals surface area contributed by atoms with Crippen molar-refractivity contribution in [3.05, 3.63) is 78.0 Å². The van der Waals surface area contributed by atoms with Crippen LogP contribution in [0.15, 0.2) is 66.9 Å². The van der Waals surface area contributed by atoms with Crippen molar-refractivity contribution in [1.82, 2.24) is 15.1 Å². The first kappa shape index (κ1) is 17.5. The van der Waals surface area contributed by atoms with E-state index in [0.717, 1.165) is 17.7 Å². The van der Waals surface area contributed by atoms with E-state index in [1.807, 2.05) is 48.3 Å². The molecule has 0 bridgehead atoms. The summed E-state index contributed by atoms with van der Waals surface area (Å²) < 4.78 is 0. The first-order chi connectivity index (χ1) is 12.9. The number of aromatic nitrogens is 2. The van der Waals surface area contributed by atoms with Crippen LogP contribution in [0.4, 0.5) is 0 Å². The molecule has 138 valence electrons. The fourth-order valence-corrected chi connectivity index (χ4v) is 4.28. The van der Waals surface area contributed by atoms with Gasteiger partial charge >= 0.3 is 0 Å². The molecule has 1 amide bonds. The highest BCUT2D eigenvalue weighted by Gasteiger charge is 2.62. The summed E-state index contributed by atoms with van der Waals surface area (Å²) >= 11 is 0. The Bertz CT molecular complexity index is 946. The van der Waals surface area contributed by atoms with Gasteiger partial charge in [0.05, 0.1) is 17.5 Å². The summed E-state index contributed by atoms with van der Waals surface area (Å²) in [6.07, 6.45) is 2.72. The fourth-order valence-electron chi connectivity index (χ4n) is 4.28. The summed E-state index contributed by atoms with van der Waals surface area (Å²) in [5.74, 6) is 0.000564. The molecule has 0 saturated heterocycles. The number of nitrogens with one attached hydrogen (secondary N) is 1. The van der Waals surface area contributed by atoms with E-state index in [1.54, 1.807) is 6.20 Å². The third-order valence-corrected chi connectivity index (χ3v) is 6.03. The predicted octanol–water partition coefficient (Wildman–Crippen LogP) is 4.52. The molecule has 1 aliphatic carbocycles. The highest BCUT2D eigenvalue weighted by Crippen LogP contribution is 2.64. The fraction of sp³-hybridized carbons (Fsp3) is 0.304. The van der Waals surface area contributed by atoms with Crippen LogP contribution in [0.25, 0.3) is 11.3 Å². The lowest BCUT2D eigenvalue weighted by Crippen LogP contribution is -2.36. The second-order valence-corrected chi connectivity index (χ2v) is 8.19. The minimum absolute atomic E-state index is 0.000564. The zero-order valence-electron chi connectivity index (χ0n) is 16.1. The molecule has 3 aromatic rings. The molecule has 0 aliphatic heterocycles. The van der Waals surface area contributed by atoms with Crippen LogP contribution in [0.3, 0.4) is 0 Å². The molecule has 1 aromatic heterocycles. The molecule has 1 N–H and O–H groups in total. The van der Waals surface area contributed by atoms with Crippen LogP contribution in [-0.4, -0.2) is 34.6 Å². The predicted molar refractivity (Wildman–Crippen MR) is 108 cm³/mol. The number of nitrogens with zero attached hydrogens (tertiary/aromatic N) is 2. The van der Waals surface area contributed by atoms with E-state index in [9.17, 15) is 4.79 Å². The third-order valence-electron chi connectivity index (χ3n) is 6.03. The van der Waals surface area contributed by atoms with Crippen molar-refractivity contribution in [2.75, 3.05) is 13.6 Å². The van der Waals surface area contributed by atoms with Gasteiger partial charge in [0.15, 0.2) is 0 Å². The molecular weight excluding hydrogens is 334 g/mol. The van der Waals surface area contributed by atoms with Gasteiger partial charge < -0.3 is 4.90 Å². The first-order valence-corrected chi connectivity index (χ1v) is 9.34. The average molecular weight is 359 g/mol. The van der Waals surface area contributed by atoms with E-state index in [4.69, 9.17) is 0 Å². The average Bonchev–Trinajstić information content (AvgIpc) is 3.03. The maximum Gasteiger partial charge on any atom is 0.257 e. The lowest BCUT2D eigenvalue weighted by molar-refractivity contribution is 0.0776. The number of benzene rings is 2. The van der Waals surface area contributed by atoms with E-state index < -0.39 is 0 Å². The third kappa shape index (κ3) is 2.95. The van der Waals surface area contributed by atoms with E-state index >= 15 is 0 Å². The van der Waals surface area contributed by atoms with Crippen LogP contribution in [0, 0.1) is 5.41 Å². The summed E-state index contributed by atoms with van der Waals surface area (Å²) in [6, 6.07) is 20.4. The van der Waals surface area contributed by atoms with Crippen LogP contribution in [0.2, 0.25) is 0 Å². The van der Waals surface area contributed by atoms with E-state index in [0.29, 0.717) is 12.1 Å². The number of carbonyl (C=O) groups excluding carboxylic acids is 1. The van der Waals surface area contributed by atoms with Crippen LogP contribution in [0.1, 0.15) is 36.2 Å². The summed E-state index contributed by atoms with van der Waals surface area (Å²) in [5.41, 5.74) is 3.86. The van der Waals surface area contributed by atoms with Crippen molar-refractivity contribution < 1.29 is 4.79 Å². The van der Waals surface area contributed by atoms with Gasteiger partial charge in [-0.25, -0.2) is 0 Å². The van der Waals surface area contributed by atoms with Crippen LogP contribution in [-0.2, 0) is 5.41 Å². The molecule has 1 atom stereocenters. The quantitative estimate of drug-likeness (QED) is 0.728. The SMILES string of the molecule is CN(C[C@@]1(c2ccccc2)CC1(C)C)C(=O)c1cn[nH]c1-c1ccccc1. The molecule has 27 heavy (non-hydrogen) atoms. The Kier molecular flexibility index (Phi) is 4.14. The standard InChI is InChI=1S/C23H25N3O/c1-22(2)15-23(22,18-12-8-5-9-13-18)16-26(3)21(27)19-14-24-25-20(19)17-10-6-4-7-11-17/h4-14H,15-16H2,1-3H3,(H,24,25)/t23-/m1/s1. The summed E-state index contributed by atoms with van der Waals surface area (Å²) in [4.78, 5) is 15.1. The number of aromatic amines is 1. The zero-order chi connectivity index (χ0) is 19.1. The number of amides is 1. The molecule has 4 nitrogen and oxygen atoms in total. The van der Waals surface area contributed by atoms with E-state index in [1.165, 1.54) is 5.56 Å². The highest BCUT2D eigenvalue weighted by molar-refractivity contribution is 5.99. The van der Waals surface area contributed by atoms with E-state index in [-0.39, 0.29) is 16.7 Å². The summed E-state index contributed by atoms with van der Waals surface area (Å²) in [6.45, 7) is 5.26. The van der Waals surface area contributed by atoms with Crippen molar-refractivity contribution in [1.29, 1.82) is 0 Å². The minimum Gasteiger partial charge on any atom is -0.341 e. The van der Waals surface area contributed by atoms with Crippen molar-refractivity contribution >= 4 is 5.91 Å². The Morgan fingerprint density at radius 3 is 2.26 bits per heavy atom. The molecule has 1 fully saturated rings. The molecule has 1 heterocycles. The topological polar surface area (TPSA) is 49.0 Å². The van der Waals surface area contributed by atoms with Gasteiger partial charge in [0, 0.05) is 24.6 Å². The van der Waals surface area contributed by atoms with Gasteiger partial charge in [0.2, 0.25) is 0 Å². The smallest absolute Gasteiger partial charge is 0.257 e. The molecule has 0 radical (unpaired) electrons. The van der Waals surface area contributed by atoms with Crippen LogP contribution >= 0.6 is 0 Å². The van der Waals surface area contributed by atoms with Crippen LogP contribution < -0.4 is 0 Å². The normalized spacial score (nSPS) is 20.3. The Labute approximate surface area is 160 Å². The second-order valence-electron chi connectivity index (χ2n) is 8.19. The maximum atomic E-state index is 13.2. The molecule has 1 saturated carbocycles. The number of hydrogen-bond donors (Lipinski definition) is 1. The number of carbonyl (C=O) groups is 1. The van der Waals surface area contributed by atoms with Gasteiger partial charge in [-0.05, 0) is 17.4 Å². The highest BCUT2D eigenvalue weighted by atomic mass is 16.2. The van der Waals surface area contributed by atoms with Gasteiger partial charge in [-0.15, -0.1) is 0 Å². The lowest BCUT2D eigenvalue weighted by atomic mass is 9.87. The van der Waals surface area contributed by atoms with Gasteiger partial charge in [-0.1, -0.05) is 74.5 Å². The molecule has 4 heteroatoms. The van der Waals surface area contributed by atoms with E-state index in [2.05, 4.69) is 48.3 Å². The Balaban J connectivity index is 1.60. The second kappa shape index (κ2) is 6.38. The first-order valence-electron chi connectivity index (χ1n) is 9.34. The van der Waals surface area contributed by atoms with Crippen molar-refractivity contribution in [2.45, 2.75) is 25.7 Å². The van der Waals surface area contributed by atoms with Crippen molar-refractivity contribution in [3.8, 4) is 11.3 Å². The minimum atomic E-state index is 0.000564. The van der Waals surface area contributed by atoms with Crippen molar-refractivity contribution in [3.63, 3.8) is 0 Å². The maximum absolute atomic E-state index is 13.2. The summed E-state index contributed by atoms with van der Waals surface area (Å²) in [7, 11) is 1.89. The van der Waals surface area contributed by atoms with Gasteiger partial charge in [0.25, 0.3) is 5.91 Å². The van der Waals surface area contributed by atoms with Gasteiger partial charge in [0.1, 0.15) is 0 Å². The largest absolute Gasteiger partial charge is 0.341 e. The molecular formula is C23H25N3O. The van der Waals surface area contributed by atoms with Gasteiger partial charge in [-0.3, -0.25) is 9.89 Å².